The van der Waals surface area contributed by atoms with Crippen LogP contribution in [0.1, 0.15) is 48.5 Å². The summed E-state index contributed by atoms with van der Waals surface area (Å²) in [4.78, 5) is 18.4. The van der Waals surface area contributed by atoms with Crippen LogP contribution in [-0.4, -0.2) is 28.5 Å². The van der Waals surface area contributed by atoms with Gasteiger partial charge in [-0.2, -0.15) is 0 Å². The highest BCUT2D eigenvalue weighted by atomic mass is 19.1. The average Bonchev–Trinajstić information content (AvgIpc) is 3.35. The molecule has 2 aromatic carbocycles. The van der Waals surface area contributed by atoms with Crippen molar-refractivity contribution in [2.24, 2.45) is 0 Å². The number of aromatic amines is 1. The number of nitrogens with one attached hydrogen (secondary N) is 2. The van der Waals surface area contributed by atoms with Gasteiger partial charge in [0.2, 0.25) is 0 Å². The molecule has 5 heteroatoms. The summed E-state index contributed by atoms with van der Waals surface area (Å²) in [6.45, 7) is 0.576. The van der Waals surface area contributed by atoms with Crippen LogP contribution in [0.25, 0.3) is 10.9 Å². The van der Waals surface area contributed by atoms with Crippen molar-refractivity contribution in [3.8, 4) is 0 Å². The van der Waals surface area contributed by atoms with E-state index in [4.69, 9.17) is 0 Å². The van der Waals surface area contributed by atoms with Crippen LogP contribution in [0.5, 0.6) is 0 Å². The first kappa shape index (κ1) is 17.3. The molecule has 0 bridgehead atoms. The Labute approximate surface area is 163 Å². The maximum Gasteiger partial charge on any atom is 0.318 e. The number of H-pyrrole nitrogens is 1. The van der Waals surface area contributed by atoms with Gasteiger partial charge in [0.15, 0.2) is 0 Å². The monoisotopic (exact) mass is 377 g/mol. The topological polar surface area (TPSA) is 48.1 Å². The van der Waals surface area contributed by atoms with Crippen LogP contribution in [-0.2, 0) is 6.42 Å². The van der Waals surface area contributed by atoms with Crippen LogP contribution in [0, 0.1) is 5.82 Å². The number of halogens is 1. The molecule has 0 radical (unpaired) electrons. The lowest BCUT2D eigenvalue weighted by molar-refractivity contribution is 0.174. The predicted octanol–water partition coefficient (Wildman–Crippen LogP) is 4.91. The number of benzene rings is 2. The SMILES string of the molecule is O=C(NC1CCCC1)N1CCc2c([nH]c3ccccc23)[C@@H]1c1ccccc1F. The Morgan fingerprint density at radius 2 is 1.82 bits per heavy atom. The van der Waals surface area contributed by atoms with E-state index in [-0.39, 0.29) is 17.9 Å². The van der Waals surface area contributed by atoms with Crippen molar-refractivity contribution < 1.29 is 9.18 Å². The zero-order valence-corrected chi connectivity index (χ0v) is 15.7. The van der Waals surface area contributed by atoms with Gasteiger partial charge in [0, 0.05) is 34.7 Å². The molecule has 4 nitrogen and oxygen atoms in total. The number of hydrogen-bond donors (Lipinski definition) is 2. The third kappa shape index (κ3) is 2.86. The van der Waals surface area contributed by atoms with Gasteiger partial charge in [-0.15, -0.1) is 0 Å². The van der Waals surface area contributed by atoms with Crippen molar-refractivity contribution >= 4 is 16.9 Å². The molecule has 1 aliphatic heterocycles. The minimum Gasteiger partial charge on any atom is -0.356 e. The van der Waals surface area contributed by atoms with Crippen LogP contribution in [0.15, 0.2) is 48.5 Å². The van der Waals surface area contributed by atoms with E-state index in [0.29, 0.717) is 12.1 Å². The second kappa shape index (κ2) is 6.97. The summed E-state index contributed by atoms with van der Waals surface area (Å²) >= 11 is 0. The molecule has 144 valence electrons. The van der Waals surface area contributed by atoms with E-state index in [1.807, 2.05) is 24.3 Å². The Hall–Kier alpha value is -2.82. The first-order valence-electron chi connectivity index (χ1n) is 10.1. The maximum atomic E-state index is 14.8. The molecule has 28 heavy (non-hydrogen) atoms. The van der Waals surface area contributed by atoms with Crippen molar-refractivity contribution in [1.29, 1.82) is 0 Å². The van der Waals surface area contributed by atoms with Gasteiger partial charge in [0.1, 0.15) is 11.9 Å². The van der Waals surface area contributed by atoms with Crippen molar-refractivity contribution in [2.45, 2.75) is 44.2 Å². The number of carbonyl (C=O) groups is 1. The smallest absolute Gasteiger partial charge is 0.318 e. The highest BCUT2D eigenvalue weighted by molar-refractivity contribution is 5.86. The maximum absolute atomic E-state index is 14.8. The summed E-state index contributed by atoms with van der Waals surface area (Å²) in [5.41, 5.74) is 3.69. The third-order valence-electron chi connectivity index (χ3n) is 6.18. The Kier molecular flexibility index (Phi) is 4.30. The van der Waals surface area contributed by atoms with Gasteiger partial charge < -0.3 is 15.2 Å². The summed E-state index contributed by atoms with van der Waals surface area (Å²) in [5.74, 6) is -0.280. The average molecular weight is 377 g/mol. The standard InChI is InChI=1S/C23H24FN3O/c24-19-11-5-3-10-18(19)22-21-17(16-9-4-6-12-20(16)26-21)13-14-27(22)23(28)25-15-7-1-2-8-15/h3-6,9-12,15,22,26H,1-2,7-8,13-14H2,(H,25,28)/t22-/m0/s1. The van der Waals surface area contributed by atoms with Crippen LogP contribution >= 0.6 is 0 Å². The molecule has 5 rings (SSSR count). The second-order valence-corrected chi connectivity index (χ2v) is 7.86. The minimum absolute atomic E-state index is 0.0931. The van der Waals surface area contributed by atoms with E-state index >= 15 is 0 Å². The first-order valence-corrected chi connectivity index (χ1v) is 10.1. The minimum atomic E-state index is -0.446. The number of aromatic nitrogens is 1. The molecule has 2 heterocycles. The van der Waals surface area contributed by atoms with Crippen LogP contribution in [0.2, 0.25) is 0 Å². The molecule has 2 aliphatic rings. The van der Waals surface area contributed by atoms with E-state index < -0.39 is 6.04 Å². The number of hydrogen-bond acceptors (Lipinski definition) is 1. The van der Waals surface area contributed by atoms with Crippen LogP contribution in [0.4, 0.5) is 9.18 Å². The molecule has 1 atom stereocenters. The number of urea groups is 1. The molecule has 0 unspecified atom stereocenters. The van der Waals surface area contributed by atoms with E-state index in [0.717, 1.165) is 48.7 Å². The molecule has 1 fully saturated rings. The highest BCUT2D eigenvalue weighted by Crippen LogP contribution is 2.39. The van der Waals surface area contributed by atoms with Crippen LogP contribution in [0.3, 0.4) is 0 Å². The Bertz CT molecular complexity index is 1020. The molecular formula is C23H24FN3O. The molecule has 1 saturated carbocycles. The molecule has 2 N–H and O–H groups in total. The number of nitrogens with zero attached hydrogens (tertiary/aromatic N) is 1. The summed E-state index contributed by atoms with van der Waals surface area (Å²) in [6.07, 6.45) is 5.15. The fourth-order valence-electron chi connectivity index (χ4n) is 4.81. The summed E-state index contributed by atoms with van der Waals surface area (Å²) in [7, 11) is 0. The summed E-state index contributed by atoms with van der Waals surface area (Å²) in [6, 6.07) is 14.6. The van der Waals surface area contributed by atoms with Gasteiger partial charge in [-0.05, 0) is 37.0 Å². The number of fused-ring (bicyclic) bond motifs is 3. The predicted molar refractivity (Wildman–Crippen MR) is 108 cm³/mol. The fraction of sp³-hybridized carbons (Fsp3) is 0.348. The quantitative estimate of drug-likeness (QED) is 0.655. The molecule has 1 aromatic heterocycles. The summed E-state index contributed by atoms with van der Waals surface area (Å²) in [5, 5.41) is 4.34. The molecule has 0 saturated heterocycles. The highest BCUT2D eigenvalue weighted by Gasteiger charge is 2.36. The number of rotatable bonds is 2. The lowest BCUT2D eigenvalue weighted by atomic mass is 9.92. The zero-order chi connectivity index (χ0) is 19.1. The lowest BCUT2D eigenvalue weighted by Gasteiger charge is -2.37. The van der Waals surface area contributed by atoms with E-state index in [1.165, 1.54) is 11.6 Å². The van der Waals surface area contributed by atoms with E-state index in [1.54, 1.807) is 17.0 Å². The van der Waals surface area contributed by atoms with Crippen LogP contribution < -0.4 is 5.32 Å². The number of amides is 2. The summed E-state index contributed by atoms with van der Waals surface area (Å²) < 4.78 is 14.8. The largest absolute Gasteiger partial charge is 0.356 e. The second-order valence-electron chi connectivity index (χ2n) is 7.86. The van der Waals surface area contributed by atoms with Crippen molar-refractivity contribution in [2.75, 3.05) is 6.54 Å². The molecule has 1 aliphatic carbocycles. The van der Waals surface area contributed by atoms with E-state index in [9.17, 15) is 9.18 Å². The Balaban J connectivity index is 1.59. The number of para-hydroxylation sites is 1. The van der Waals surface area contributed by atoms with Crippen molar-refractivity contribution in [3.05, 3.63) is 71.2 Å². The van der Waals surface area contributed by atoms with Gasteiger partial charge in [0.25, 0.3) is 0 Å². The fourth-order valence-corrected chi connectivity index (χ4v) is 4.81. The van der Waals surface area contributed by atoms with Gasteiger partial charge in [-0.1, -0.05) is 49.2 Å². The van der Waals surface area contributed by atoms with Gasteiger partial charge in [-0.25, -0.2) is 9.18 Å². The van der Waals surface area contributed by atoms with E-state index in [2.05, 4.69) is 16.4 Å². The van der Waals surface area contributed by atoms with Crippen molar-refractivity contribution in [3.63, 3.8) is 0 Å². The van der Waals surface area contributed by atoms with Crippen molar-refractivity contribution in [1.82, 2.24) is 15.2 Å². The molecule has 2 amide bonds. The number of carbonyl (C=O) groups excluding carboxylic acids is 1. The molecular weight excluding hydrogens is 353 g/mol. The van der Waals surface area contributed by atoms with Gasteiger partial charge >= 0.3 is 6.03 Å². The first-order chi connectivity index (χ1) is 13.7. The lowest BCUT2D eigenvalue weighted by Crippen LogP contribution is -2.48. The van der Waals surface area contributed by atoms with Gasteiger partial charge in [0.05, 0.1) is 0 Å². The van der Waals surface area contributed by atoms with Gasteiger partial charge in [-0.3, -0.25) is 0 Å². The Morgan fingerprint density at radius 3 is 2.64 bits per heavy atom. The molecule has 0 spiro atoms. The normalized spacial score (nSPS) is 19.8. The molecule has 3 aromatic rings. The third-order valence-corrected chi connectivity index (χ3v) is 6.18. The Morgan fingerprint density at radius 1 is 1.07 bits per heavy atom. The zero-order valence-electron chi connectivity index (χ0n) is 15.7.